The Morgan fingerprint density at radius 1 is 1.24 bits per heavy atom. The van der Waals surface area contributed by atoms with E-state index < -0.39 is 33.4 Å². The molecule has 0 bridgehead atoms. The highest BCUT2D eigenvalue weighted by Crippen LogP contribution is 2.36. The highest BCUT2D eigenvalue weighted by atomic mass is 32.2. The molecule has 10 heteroatoms. The molecule has 156 valence electrons. The summed E-state index contributed by atoms with van der Waals surface area (Å²) in [4.78, 5) is 37.9. The summed E-state index contributed by atoms with van der Waals surface area (Å²) in [6, 6.07) is 5.52. The summed E-state index contributed by atoms with van der Waals surface area (Å²) < 4.78 is 25.5. The number of nitrogens with one attached hydrogen (secondary N) is 2. The van der Waals surface area contributed by atoms with Gasteiger partial charge in [0.2, 0.25) is 10.0 Å². The first kappa shape index (κ1) is 19.7. The maximum atomic E-state index is 12.9. The standard InChI is InChI=1S/C19H24N4O5S/c1-13-6-8-19(9-7-13)17(25)23(18(26)20-19)21-16(24)14-4-2-5-15(12-14)22-10-3-11-29(22,27)28/h2,4-5,12-13H,3,6-11H2,1H3,(H,20,26)(H,21,24). The molecule has 0 radical (unpaired) electrons. The van der Waals surface area contributed by atoms with E-state index in [-0.39, 0.29) is 11.3 Å². The molecule has 1 spiro atoms. The van der Waals surface area contributed by atoms with E-state index in [1.54, 1.807) is 12.1 Å². The van der Waals surface area contributed by atoms with Gasteiger partial charge < -0.3 is 5.32 Å². The number of benzene rings is 1. The second kappa shape index (κ2) is 7.01. The Balaban J connectivity index is 1.51. The van der Waals surface area contributed by atoms with Gasteiger partial charge in [0.1, 0.15) is 5.54 Å². The Kier molecular flexibility index (Phi) is 4.76. The van der Waals surface area contributed by atoms with E-state index in [1.807, 2.05) is 0 Å². The molecule has 1 saturated carbocycles. The van der Waals surface area contributed by atoms with Gasteiger partial charge in [0.05, 0.1) is 11.4 Å². The first-order valence-electron chi connectivity index (χ1n) is 9.80. The molecule has 2 N–H and O–H groups in total. The number of nitrogens with zero attached hydrogens (tertiary/aromatic N) is 2. The van der Waals surface area contributed by atoms with Gasteiger partial charge in [-0.25, -0.2) is 13.2 Å². The number of anilines is 1. The van der Waals surface area contributed by atoms with Crippen LogP contribution in [0.5, 0.6) is 0 Å². The Morgan fingerprint density at radius 3 is 2.62 bits per heavy atom. The lowest BCUT2D eigenvalue weighted by molar-refractivity contribution is -0.134. The Bertz CT molecular complexity index is 969. The Hall–Kier alpha value is -2.62. The first-order valence-corrected chi connectivity index (χ1v) is 11.4. The molecule has 4 amide bonds. The van der Waals surface area contributed by atoms with Gasteiger partial charge in [-0.05, 0) is 56.2 Å². The molecular formula is C19H24N4O5S. The monoisotopic (exact) mass is 420 g/mol. The smallest absolute Gasteiger partial charge is 0.322 e. The molecule has 2 saturated heterocycles. The summed E-state index contributed by atoms with van der Waals surface area (Å²) in [5.74, 6) is -0.514. The van der Waals surface area contributed by atoms with E-state index in [0.717, 1.165) is 17.9 Å². The van der Waals surface area contributed by atoms with Crippen LogP contribution >= 0.6 is 0 Å². The van der Waals surface area contributed by atoms with Crippen LogP contribution in [0.2, 0.25) is 0 Å². The van der Waals surface area contributed by atoms with Crippen molar-refractivity contribution < 1.29 is 22.8 Å². The molecule has 2 aliphatic heterocycles. The number of hydrogen-bond acceptors (Lipinski definition) is 5. The summed E-state index contributed by atoms with van der Waals surface area (Å²) in [5.41, 5.74) is 2.00. The summed E-state index contributed by atoms with van der Waals surface area (Å²) in [6.45, 7) is 2.47. The van der Waals surface area contributed by atoms with Crippen LogP contribution in [0.4, 0.5) is 10.5 Å². The molecule has 3 fully saturated rings. The predicted molar refractivity (Wildman–Crippen MR) is 105 cm³/mol. The number of hydrazine groups is 1. The van der Waals surface area contributed by atoms with Crippen LogP contribution in [-0.2, 0) is 14.8 Å². The molecule has 29 heavy (non-hydrogen) atoms. The molecule has 2 heterocycles. The zero-order valence-corrected chi connectivity index (χ0v) is 17.0. The fourth-order valence-electron chi connectivity index (χ4n) is 4.21. The third kappa shape index (κ3) is 3.45. The summed E-state index contributed by atoms with van der Waals surface area (Å²) in [6.07, 6.45) is 3.29. The van der Waals surface area contributed by atoms with Gasteiger partial charge in [0.15, 0.2) is 0 Å². The minimum atomic E-state index is -3.37. The molecule has 0 aromatic heterocycles. The molecule has 4 rings (SSSR count). The number of rotatable bonds is 3. The minimum Gasteiger partial charge on any atom is -0.322 e. The number of carbonyl (C=O) groups is 3. The van der Waals surface area contributed by atoms with Gasteiger partial charge >= 0.3 is 6.03 Å². The van der Waals surface area contributed by atoms with Crippen LogP contribution in [-0.4, -0.2) is 49.1 Å². The van der Waals surface area contributed by atoms with Gasteiger partial charge in [-0.1, -0.05) is 13.0 Å². The highest BCUT2D eigenvalue weighted by molar-refractivity contribution is 7.93. The fraction of sp³-hybridized carbons (Fsp3) is 0.526. The highest BCUT2D eigenvalue weighted by Gasteiger charge is 2.53. The third-order valence-corrected chi connectivity index (χ3v) is 7.87. The zero-order valence-electron chi connectivity index (χ0n) is 16.2. The van der Waals surface area contributed by atoms with Crippen molar-refractivity contribution in [3.05, 3.63) is 29.8 Å². The summed E-state index contributed by atoms with van der Waals surface area (Å²) in [5, 5.41) is 3.50. The number of sulfonamides is 1. The second-order valence-corrected chi connectivity index (χ2v) is 10.1. The minimum absolute atomic E-state index is 0.0760. The number of carbonyl (C=O) groups excluding carboxylic acids is 3. The van der Waals surface area contributed by atoms with Crippen molar-refractivity contribution in [3.8, 4) is 0 Å². The van der Waals surface area contributed by atoms with Crippen LogP contribution in [0.25, 0.3) is 0 Å². The molecule has 0 atom stereocenters. The van der Waals surface area contributed by atoms with Crippen molar-refractivity contribution in [1.29, 1.82) is 0 Å². The molecule has 1 aromatic rings. The maximum absolute atomic E-state index is 12.9. The van der Waals surface area contributed by atoms with Gasteiger partial charge in [-0.3, -0.25) is 19.3 Å². The van der Waals surface area contributed by atoms with Crippen molar-refractivity contribution in [1.82, 2.24) is 15.8 Å². The van der Waals surface area contributed by atoms with Gasteiger partial charge in [-0.15, -0.1) is 0 Å². The van der Waals surface area contributed by atoms with Gasteiger partial charge in [0.25, 0.3) is 11.8 Å². The lowest BCUT2D eigenvalue weighted by atomic mass is 9.77. The van der Waals surface area contributed by atoms with Crippen LogP contribution in [0.1, 0.15) is 49.4 Å². The quantitative estimate of drug-likeness (QED) is 0.717. The molecule has 1 aliphatic carbocycles. The van der Waals surface area contributed by atoms with Crippen LogP contribution < -0.4 is 15.0 Å². The normalized spacial score (nSPS) is 28.7. The number of hydrogen-bond donors (Lipinski definition) is 2. The predicted octanol–water partition coefficient (Wildman–Crippen LogP) is 1.37. The van der Waals surface area contributed by atoms with Gasteiger partial charge in [0, 0.05) is 12.1 Å². The van der Waals surface area contributed by atoms with E-state index in [1.165, 1.54) is 16.4 Å². The lowest BCUT2D eigenvalue weighted by Gasteiger charge is -2.33. The summed E-state index contributed by atoms with van der Waals surface area (Å²) in [7, 11) is -3.37. The fourth-order valence-corrected chi connectivity index (χ4v) is 5.77. The Morgan fingerprint density at radius 2 is 1.97 bits per heavy atom. The molecule has 3 aliphatic rings. The van der Waals surface area contributed by atoms with Crippen molar-refractivity contribution in [3.63, 3.8) is 0 Å². The molecular weight excluding hydrogens is 396 g/mol. The number of amides is 4. The lowest BCUT2D eigenvalue weighted by Crippen LogP contribution is -2.51. The van der Waals surface area contributed by atoms with E-state index in [9.17, 15) is 22.8 Å². The average Bonchev–Trinajstić information content (AvgIpc) is 3.16. The van der Waals surface area contributed by atoms with Gasteiger partial charge in [-0.2, -0.15) is 5.01 Å². The zero-order chi connectivity index (χ0) is 20.8. The average molecular weight is 420 g/mol. The SMILES string of the molecule is CC1CCC2(CC1)NC(=O)N(NC(=O)c1cccc(N3CCCS3(=O)=O)c1)C2=O. The van der Waals surface area contributed by atoms with Crippen LogP contribution in [0.15, 0.2) is 24.3 Å². The molecule has 1 aromatic carbocycles. The molecule has 9 nitrogen and oxygen atoms in total. The largest absolute Gasteiger partial charge is 0.344 e. The van der Waals surface area contributed by atoms with Crippen LogP contribution in [0.3, 0.4) is 0 Å². The van der Waals surface area contributed by atoms with E-state index >= 15 is 0 Å². The van der Waals surface area contributed by atoms with E-state index in [2.05, 4.69) is 17.7 Å². The maximum Gasteiger partial charge on any atom is 0.344 e. The van der Waals surface area contributed by atoms with E-state index in [4.69, 9.17) is 0 Å². The number of imide groups is 1. The van der Waals surface area contributed by atoms with Crippen molar-refractivity contribution in [2.45, 2.75) is 44.6 Å². The second-order valence-electron chi connectivity index (χ2n) is 8.07. The summed E-state index contributed by atoms with van der Waals surface area (Å²) >= 11 is 0. The van der Waals surface area contributed by atoms with Crippen molar-refractivity contribution in [2.24, 2.45) is 5.92 Å². The van der Waals surface area contributed by atoms with Crippen molar-refractivity contribution in [2.75, 3.05) is 16.6 Å². The van der Waals surface area contributed by atoms with Crippen molar-refractivity contribution >= 4 is 33.6 Å². The van der Waals surface area contributed by atoms with Crippen LogP contribution in [0, 0.1) is 5.92 Å². The Labute approximate surface area is 169 Å². The number of urea groups is 1. The topological polar surface area (TPSA) is 116 Å². The first-order chi connectivity index (χ1) is 13.7. The van der Waals surface area contributed by atoms with E-state index in [0.29, 0.717) is 37.4 Å². The molecule has 0 unspecified atom stereocenters. The third-order valence-electron chi connectivity index (χ3n) is 6.00.